The highest BCUT2D eigenvalue weighted by Gasteiger charge is 2.20. The SMILES string of the molecule is Cc1ccccc1OCCC(=O)NNC(=O)CC[NH+]1CCN(c2ccccc2)CC1. The van der Waals surface area contributed by atoms with Crippen molar-refractivity contribution in [2.24, 2.45) is 0 Å². The molecule has 3 rings (SSSR count). The van der Waals surface area contributed by atoms with Crippen molar-refractivity contribution >= 4 is 17.5 Å². The fourth-order valence-electron chi connectivity index (χ4n) is 3.50. The van der Waals surface area contributed by atoms with E-state index in [-0.39, 0.29) is 24.8 Å². The molecule has 1 aliphatic heterocycles. The van der Waals surface area contributed by atoms with E-state index >= 15 is 0 Å². The van der Waals surface area contributed by atoms with Gasteiger partial charge in [0.05, 0.1) is 52.2 Å². The van der Waals surface area contributed by atoms with Crippen molar-refractivity contribution in [3.8, 4) is 5.75 Å². The molecule has 7 heteroatoms. The number of ether oxygens (including phenoxy) is 1. The summed E-state index contributed by atoms with van der Waals surface area (Å²) >= 11 is 0. The number of amides is 2. The number of hydrazine groups is 1. The molecule has 0 atom stereocenters. The maximum atomic E-state index is 12.0. The van der Waals surface area contributed by atoms with E-state index in [0.29, 0.717) is 6.42 Å². The van der Waals surface area contributed by atoms with Crippen molar-refractivity contribution in [3.05, 3.63) is 60.2 Å². The third-order valence-electron chi connectivity index (χ3n) is 5.32. The van der Waals surface area contributed by atoms with E-state index in [9.17, 15) is 9.59 Å². The molecule has 1 aliphatic rings. The molecule has 2 aromatic rings. The second kappa shape index (κ2) is 11.2. The predicted octanol–water partition coefficient (Wildman–Crippen LogP) is 0.707. The molecule has 2 amide bonds. The number of carbonyl (C=O) groups excluding carboxylic acids is 2. The largest absolute Gasteiger partial charge is 0.493 e. The van der Waals surface area contributed by atoms with Gasteiger partial charge in [-0.15, -0.1) is 0 Å². The Morgan fingerprint density at radius 3 is 2.27 bits per heavy atom. The molecule has 0 aromatic heterocycles. The minimum Gasteiger partial charge on any atom is -0.493 e. The zero-order chi connectivity index (χ0) is 21.2. The highest BCUT2D eigenvalue weighted by Crippen LogP contribution is 2.16. The van der Waals surface area contributed by atoms with Gasteiger partial charge in [-0.25, -0.2) is 0 Å². The van der Waals surface area contributed by atoms with Crippen LogP contribution in [0.25, 0.3) is 0 Å². The number of benzene rings is 2. The summed E-state index contributed by atoms with van der Waals surface area (Å²) in [6.45, 7) is 6.97. The monoisotopic (exact) mass is 411 g/mol. The zero-order valence-corrected chi connectivity index (χ0v) is 17.5. The lowest BCUT2D eigenvalue weighted by atomic mass is 10.2. The van der Waals surface area contributed by atoms with Crippen LogP contribution >= 0.6 is 0 Å². The number of aryl methyl sites for hydroxylation is 1. The number of nitrogens with zero attached hydrogens (tertiary/aromatic N) is 1. The van der Waals surface area contributed by atoms with Gasteiger partial charge in [0, 0.05) is 5.69 Å². The average Bonchev–Trinajstić information content (AvgIpc) is 2.78. The van der Waals surface area contributed by atoms with E-state index < -0.39 is 0 Å². The summed E-state index contributed by atoms with van der Waals surface area (Å²) in [6, 6.07) is 18.1. The molecule has 0 spiro atoms. The number of nitrogens with one attached hydrogen (secondary N) is 3. The molecule has 0 unspecified atom stereocenters. The Morgan fingerprint density at radius 1 is 0.933 bits per heavy atom. The minimum absolute atomic E-state index is 0.166. The van der Waals surface area contributed by atoms with Crippen LogP contribution in [0.2, 0.25) is 0 Å². The predicted molar refractivity (Wildman–Crippen MR) is 116 cm³/mol. The third kappa shape index (κ3) is 6.77. The van der Waals surface area contributed by atoms with Gasteiger partial charge in [0.1, 0.15) is 5.75 Å². The van der Waals surface area contributed by atoms with Gasteiger partial charge in [-0.2, -0.15) is 0 Å². The van der Waals surface area contributed by atoms with Crippen LogP contribution in [0, 0.1) is 6.92 Å². The first-order chi connectivity index (χ1) is 14.6. The minimum atomic E-state index is -0.263. The lowest BCUT2D eigenvalue weighted by molar-refractivity contribution is -0.900. The van der Waals surface area contributed by atoms with Gasteiger partial charge in [-0.1, -0.05) is 36.4 Å². The Balaban J connectivity index is 1.26. The van der Waals surface area contributed by atoms with Gasteiger partial charge in [-0.3, -0.25) is 20.4 Å². The quantitative estimate of drug-likeness (QED) is 0.560. The topological polar surface area (TPSA) is 75.1 Å². The summed E-state index contributed by atoms with van der Waals surface area (Å²) in [6.07, 6.45) is 0.571. The normalized spacial score (nSPS) is 14.2. The number of para-hydroxylation sites is 2. The van der Waals surface area contributed by atoms with Gasteiger partial charge in [0.2, 0.25) is 11.8 Å². The summed E-state index contributed by atoms with van der Waals surface area (Å²) in [7, 11) is 0. The van der Waals surface area contributed by atoms with Crippen LogP contribution in [-0.2, 0) is 9.59 Å². The van der Waals surface area contributed by atoms with Gasteiger partial charge < -0.3 is 14.5 Å². The Kier molecular flexibility index (Phi) is 8.09. The standard InChI is InChI=1S/C23H30N4O3/c1-19-7-5-6-10-21(19)30-18-12-23(29)25-24-22(28)11-13-26-14-16-27(17-15-26)20-8-3-2-4-9-20/h2-10H,11-18H2,1H3,(H,24,28)(H,25,29)/p+1. The van der Waals surface area contributed by atoms with Crippen LogP contribution in [0.3, 0.4) is 0 Å². The maximum absolute atomic E-state index is 12.0. The van der Waals surface area contributed by atoms with Crippen LogP contribution < -0.4 is 25.4 Å². The summed E-state index contributed by atoms with van der Waals surface area (Å²) < 4.78 is 5.60. The van der Waals surface area contributed by atoms with Gasteiger partial charge >= 0.3 is 0 Å². The first-order valence-corrected chi connectivity index (χ1v) is 10.5. The molecule has 0 bridgehead atoms. The van der Waals surface area contributed by atoms with Crippen LogP contribution in [-0.4, -0.2) is 51.1 Å². The van der Waals surface area contributed by atoms with Crippen LogP contribution in [0.15, 0.2) is 54.6 Å². The van der Waals surface area contributed by atoms with Crippen molar-refractivity contribution in [1.29, 1.82) is 0 Å². The van der Waals surface area contributed by atoms with Gasteiger partial charge in [0.15, 0.2) is 0 Å². The molecule has 1 heterocycles. The summed E-state index contributed by atoms with van der Waals surface area (Å²) in [5.74, 6) is 0.339. The Labute approximate surface area is 178 Å². The van der Waals surface area contributed by atoms with E-state index in [2.05, 4.69) is 40.0 Å². The molecule has 7 nitrogen and oxygen atoms in total. The number of anilines is 1. The molecule has 3 N–H and O–H groups in total. The van der Waals surface area contributed by atoms with E-state index in [0.717, 1.165) is 44.0 Å². The van der Waals surface area contributed by atoms with E-state index in [1.807, 2.05) is 37.3 Å². The second-order valence-electron chi connectivity index (χ2n) is 7.53. The lowest BCUT2D eigenvalue weighted by Gasteiger charge is -2.33. The first-order valence-electron chi connectivity index (χ1n) is 10.5. The molecule has 0 saturated carbocycles. The molecule has 1 saturated heterocycles. The summed E-state index contributed by atoms with van der Waals surface area (Å²) in [4.78, 5) is 27.7. The summed E-state index contributed by atoms with van der Waals surface area (Å²) in [5, 5.41) is 0. The number of quaternary nitrogens is 1. The molecular weight excluding hydrogens is 380 g/mol. The first kappa shape index (κ1) is 21.6. The second-order valence-corrected chi connectivity index (χ2v) is 7.53. The fraction of sp³-hybridized carbons (Fsp3) is 0.391. The van der Waals surface area contributed by atoms with E-state index in [1.165, 1.54) is 10.6 Å². The number of hydrogen-bond acceptors (Lipinski definition) is 4. The number of piperazine rings is 1. The van der Waals surface area contributed by atoms with Crippen molar-refractivity contribution in [2.45, 2.75) is 19.8 Å². The molecule has 0 aliphatic carbocycles. The zero-order valence-electron chi connectivity index (χ0n) is 17.5. The highest BCUT2D eigenvalue weighted by molar-refractivity contribution is 5.81. The van der Waals surface area contributed by atoms with E-state index in [1.54, 1.807) is 0 Å². The Hall–Kier alpha value is -3.06. The van der Waals surface area contributed by atoms with E-state index in [4.69, 9.17) is 4.74 Å². The Bertz CT molecular complexity index is 820. The average molecular weight is 412 g/mol. The molecule has 2 aromatic carbocycles. The van der Waals surface area contributed by atoms with Crippen LogP contribution in [0.4, 0.5) is 5.69 Å². The number of hydrogen-bond donors (Lipinski definition) is 3. The van der Waals surface area contributed by atoms with Crippen molar-refractivity contribution in [3.63, 3.8) is 0 Å². The molecular formula is C23H31N4O3+. The van der Waals surface area contributed by atoms with Crippen LogP contribution in [0.5, 0.6) is 5.75 Å². The van der Waals surface area contributed by atoms with Crippen molar-refractivity contribution in [1.82, 2.24) is 10.9 Å². The van der Waals surface area contributed by atoms with Gasteiger partial charge in [0.25, 0.3) is 0 Å². The third-order valence-corrected chi connectivity index (χ3v) is 5.32. The highest BCUT2D eigenvalue weighted by atomic mass is 16.5. The fourth-order valence-corrected chi connectivity index (χ4v) is 3.50. The van der Waals surface area contributed by atoms with Gasteiger partial charge in [-0.05, 0) is 30.7 Å². The molecule has 30 heavy (non-hydrogen) atoms. The Morgan fingerprint density at radius 2 is 1.57 bits per heavy atom. The van der Waals surface area contributed by atoms with Crippen molar-refractivity contribution < 1.29 is 19.2 Å². The number of rotatable bonds is 8. The smallest absolute Gasteiger partial charge is 0.244 e. The number of carbonyl (C=O) groups is 2. The molecule has 1 fully saturated rings. The molecule has 0 radical (unpaired) electrons. The lowest BCUT2D eigenvalue weighted by Crippen LogP contribution is -3.15. The maximum Gasteiger partial charge on any atom is 0.244 e. The summed E-state index contributed by atoms with van der Waals surface area (Å²) in [5.41, 5.74) is 7.24. The molecule has 160 valence electrons. The van der Waals surface area contributed by atoms with Crippen LogP contribution in [0.1, 0.15) is 18.4 Å². The van der Waals surface area contributed by atoms with Crippen molar-refractivity contribution in [2.75, 3.05) is 44.2 Å².